The van der Waals surface area contributed by atoms with Crippen molar-refractivity contribution in [2.45, 2.75) is 199 Å². The molecule has 1 heterocycles. The van der Waals surface area contributed by atoms with Gasteiger partial charge in [0.1, 0.15) is 6.54 Å². The highest BCUT2D eigenvalue weighted by molar-refractivity contribution is 7.45. The Kier molecular flexibility index (Phi) is 25.2. The molecule has 0 saturated heterocycles. The first-order chi connectivity index (χ1) is 21.7. The molecular formula is C40H74NO3P. The van der Waals surface area contributed by atoms with Crippen LogP contribution in [0.4, 0.5) is 0 Å². The largest absolute Gasteiger partial charge is 0.504 e. The highest BCUT2D eigenvalue weighted by Gasteiger charge is 2.50. The Morgan fingerprint density at radius 1 is 0.578 bits per heavy atom. The van der Waals surface area contributed by atoms with Gasteiger partial charge in [0.15, 0.2) is 11.6 Å². The van der Waals surface area contributed by atoms with E-state index in [0.29, 0.717) is 29.6 Å². The Labute approximate surface area is 282 Å². The molecule has 262 valence electrons. The van der Waals surface area contributed by atoms with Gasteiger partial charge in [-0.15, -0.1) is 0 Å². The molecule has 0 N–H and O–H groups in total. The fourth-order valence-corrected chi connectivity index (χ4v) is 6.84. The van der Waals surface area contributed by atoms with Crippen molar-refractivity contribution in [3.05, 3.63) is 11.6 Å². The van der Waals surface area contributed by atoms with Crippen molar-refractivity contribution in [1.29, 1.82) is 0 Å². The smallest absolute Gasteiger partial charge is 0.268 e. The summed E-state index contributed by atoms with van der Waals surface area (Å²) in [5.74, 6) is 5.59. The summed E-state index contributed by atoms with van der Waals surface area (Å²) >= 11 is 0. The van der Waals surface area contributed by atoms with Crippen LogP contribution >= 0.6 is 8.20 Å². The molecule has 0 aromatic rings. The second-order valence-electron chi connectivity index (χ2n) is 14.9. The summed E-state index contributed by atoms with van der Waals surface area (Å²) in [5.41, 5.74) is -1.39. The molecule has 0 saturated carbocycles. The molecule has 0 bridgehead atoms. The van der Waals surface area contributed by atoms with E-state index in [1.165, 1.54) is 141 Å². The summed E-state index contributed by atoms with van der Waals surface area (Å²) in [6, 6.07) is 0. The summed E-state index contributed by atoms with van der Waals surface area (Å²) in [7, 11) is 7.12. The number of rotatable bonds is 34. The van der Waals surface area contributed by atoms with E-state index in [2.05, 4.69) is 40.8 Å². The maximum Gasteiger partial charge on any atom is 0.268 e. The molecule has 1 aliphatic rings. The first kappa shape index (κ1) is 42.0. The molecule has 0 atom stereocenters. The minimum Gasteiger partial charge on any atom is -0.504 e. The molecule has 0 fully saturated rings. The molecule has 0 unspecified atom stereocenters. The lowest BCUT2D eigenvalue weighted by Crippen LogP contribution is -2.60. The van der Waals surface area contributed by atoms with Crippen molar-refractivity contribution < 1.29 is 18.8 Å². The average Bonchev–Trinajstić information content (AvgIpc) is 2.98. The number of ketones is 2. The van der Waals surface area contributed by atoms with Gasteiger partial charge in [0.05, 0.1) is 21.1 Å². The van der Waals surface area contributed by atoms with Gasteiger partial charge in [-0.1, -0.05) is 168 Å². The Hall–Kier alpha value is -0.990. The van der Waals surface area contributed by atoms with E-state index in [4.69, 9.17) is 4.74 Å². The van der Waals surface area contributed by atoms with Crippen LogP contribution < -0.4 is 0 Å². The number of carbonyl (C=O) groups is 2. The lowest BCUT2D eigenvalue weighted by atomic mass is 9.85. The zero-order valence-electron chi connectivity index (χ0n) is 30.7. The normalized spacial score (nSPS) is 13.5. The van der Waals surface area contributed by atoms with Crippen molar-refractivity contribution in [3.8, 4) is 0 Å². The van der Waals surface area contributed by atoms with Crippen LogP contribution in [-0.2, 0) is 14.3 Å². The highest BCUT2D eigenvalue weighted by atomic mass is 31.1. The number of carbonyl (C=O) groups excluding carboxylic acids is 2. The van der Waals surface area contributed by atoms with Crippen molar-refractivity contribution in [1.82, 2.24) is 0 Å². The Balaban J connectivity index is 2.43. The van der Waals surface area contributed by atoms with E-state index in [1.54, 1.807) is 0 Å². The van der Waals surface area contributed by atoms with Crippen molar-refractivity contribution in [2.24, 2.45) is 0 Å². The summed E-state index contributed by atoms with van der Waals surface area (Å²) in [6.45, 7) is 4.92. The standard InChI is InChI=1S/C40H74NO3P/c1-6-8-10-12-14-16-18-20-22-24-26-28-30-32-38(42)40(36-41(3,4)5,44-37-34-45-35-37)39(43)33-31-29-27-25-23-21-19-17-15-13-11-9-7-2/h34H,6-33,36H2,1-5H3. The van der Waals surface area contributed by atoms with Crippen molar-refractivity contribution in [3.63, 3.8) is 0 Å². The quantitative estimate of drug-likeness (QED) is 0.0229. The van der Waals surface area contributed by atoms with Crippen LogP contribution in [0, 0.1) is 0 Å². The van der Waals surface area contributed by atoms with Gasteiger partial charge in [-0.3, -0.25) is 17.8 Å². The van der Waals surface area contributed by atoms with Crippen LogP contribution in [0.15, 0.2) is 11.6 Å². The Bertz CT molecular complexity index is 771. The molecule has 0 aromatic heterocycles. The SMILES string of the molecule is CCCCCCCCCCCCCCCC(=O)C(C[N+](C)(C)C)(OC1=CP=[C-]1)C(=O)CCCCCCCCCCCCCCC. The number of allylic oxidation sites excluding steroid dienone is 1. The molecule has 0 aliphatic carbocycles. The van der Waals surface area contributed by atoms with Crippen LogP contribution in [0.5, 0.6) is 0 Å². The zero-order valence-corrected chi connectivity index (χ0v) is 31.6. The fraction of sp³-hybridized carbons (Fsp3) is 0.875. The number of hydrogen-bond donors (Lipinski definition) is 0. The van der Waals surface area contributed by atoms with Crippen LogP contribution in [0.2, 0.25) is 0 Å². The minimum atomic E-state index is -1.39. The van der Waals surface area contributed by atoms with Crippen LogP contribution in [0.3, 0.4) is 0 Å². The second-order valence-corrected chi connectivity index (χ2v) is 15.7. The van der Waals surface area contributed by atoms with Crippen molar-refractivity contribution >= 4 is 25.6 Å². The van der Waals surface area contributed by atoms with E-state index in [1.807, 2.05) is 5.82 Å². The van der Waals surface area contributed by atoms with Crippen LogP contribution in [0.1, 0.15) is 194 Å². The van der Waals surface area contributed by atoms with Crippen molar-refractivity contribution in [2.75, 3.05) is 27.7 Å². The van der Waals surface area contributed by atoms with Gasteiger partial charge in [0, 0.05) is 12.8 Å². The van der Waals surface area contributed by atoms with E-state index in [-0.39, 0.29) is 11.6 Å². The topological polar surface area (TPSA) is 43.4 Å². The van der Waals surface area contributed by atoms with Gasteiger partial charge in [-0.25, -0.2) is 0 Å². The van der Waals surface area contributed by atoms with Gasteiger partial charge < -0.3 is 9.22 Å². The molecule has 4 nitrogen and oxygen atoms in total. The number of nitrogens with zero attached hydrogens (tertiary/aromatic N) is 1. The monoisotopic (exact) mass is 648 g/mol. The maximum absolute atomic E-state index is 13.9. The number of likely N-dealkylation sites (N-methyl/N-ethyl adjacent to an activating group) is 1. The van der Waals surface area contributed by atoms with E-state index in [0.717, 1.165) is 33.9 Å². The summed E-state index contributed by atoms with van der Waals surface area (Å²) in [4.78, 5) is 27.8. The third-order valence-corrected chi connectivity index (χ3v) is 9.97. The number of quaternary nitrogens is 1. The van der Waals surface area contributed by atoms with Crippen LogP contribution in [-0.4, -0.2) is 55.1 Å². The lowest BCUT2D eigenvalue weighted by molar-refractivity contribution is -0.874. The highest BCUT2D eigenvalue weighted by Crippen LogP contribution is 2.30. The molecule has 0 amide bonds. The van der Waals surface area contributed by atoms with Gasteiger partial charge >= 0.3 is 0 Å². The second kappa shape index (κ2) is 27.0. The number of Topliss-reactive ketones (excluding diaryl/α,β-unsaturated/α-hetero) is 2. The third-order valence-electron chi connectivity index (χ3n) is 9.25. The summed E-state index contributed by atoms with van der Waals surface area (Å²) in [6.07, 6.45) is 34.0. The molecule has 45 heavy (non-hydrogen) atoms. The van der Waals surface area contributed by atoms with Gasteiger partial charge in [0.2, 0.25) is 0 Å². The predicted octanol–water partition coefficient (Wildman–Crippen LogP) is 12.0. The first-order valence-electron chi connectivity index (χ1n) is 19.5. The molecule has 5 heteroatoms. The molecule has 1 aliphatic heterocycles. The van der Waals surface area contributed by atoms with E-state index < -0.39 is 5.60 Å². The molecular weight excluding hydrogens is 573 g/mol. The number of ether oxygens (including phenoxy) is 1. The maximum atomic E-state index is 13.9. The fourth-order valence-electron chi connectivity index (χ4n) is 6.51. The Morgan fingerprint density at radius 3 is 1.11 bits per heavy atom. The summed E-state index contributed by atoms with van der Waals surface area (Å²) in [5, 5.41) is 0. The minimum absolute atomic E-state index is 0.0235. The molecule has 0 aromatic carbocycles. The van der Waals surface area contributed by atoms with Crippen LogP contribution in [0.25, 0.3) is 0 Å². The van der Waals surface area contributed by atoms with E-state index >= 15 is 0 Å². The van der Waals surface area contributed by atoms with Gasteiger partial charge in [-0.05, 0) is 18.6 Å². The first-order valence-corrected chi connectivity index (χ1v) is 20.4. The third kappa shape index (κ3) is 21.5. The Morgan fingerprint density at radius 2 is 0.867 bits per heavy atom. The molecule has 0 spiro atoms. The zero-order chi connectivity index (χ0) is 33.1. The number of unbranched alkanes of at least 4 members (excludes halogenated alkanes) is 24. The number of hydrogen-bond acceptors (Lipinski definition) is 3. The van der Waals surface area contributed by atoms with E-state index in [9.17, 15) is 9.59 Å². The average molecular weight is 648 g/mol. The van der Waals surface area contributed by atoms with Gasteiger partial charge in [-0.2, -0.15) is 11.6 Å². The van der Waals surface area contributed by atoms with Gasteiger partial charge in [0.25, 0.3) is 5.60 Å². The lowest BCUT2D eigenvalue weighted by Gasteiger charge is -2.40. The molecule has 0 radical (unpaired) electrons. The molecule has 1 rings (SSSR count). The predicted molar refractivity (Wildman–Crippen MR) is 197 cm³/mol. The summed E-state index contributed by atoms with van der Waals surface area (Å²) < 4.78 is 6.84.